The molecular weight excluding hydrogens is 292 g/mol. The van der Waals surface area contributed by atoms with Gasteiger partial charge < -0.3 is 4.74 Å². The van der Waals surface area contributed by atoms with Crippen LogP contribution in [0.1, 0.15) is 23.8 Å². The van der Waals surface area contributed by atoms with Gasteiger partial charge in [-0.15, -0.1) is 11.3 Å². The molecule has 0 aromatic carbocycles. The Morgan fingerprint density at radius 2 is 2.30 bits per heavy atom. The highest BCUT2D eigenvalue weighted by atomic mass is 32.2. The van der Waals surface area contributed by atoms with Gasteiger partial charge in [0.1, 0.15) is 4.83 Å². The molecule has 20 heavy (non-hydrogen) atoms. The molecule has 0 bridgehead atoms. The van der Waals surface area contributed by atoms with Crippen molar-refractivity contribution in [3.05, 3.63) is 20.8 Å². The minimum atomic E-state index is 0.105. The molecule has 2 aromatic heterocycles. The molecule has 2 heterocycles. The SMILES string of the molecule is CCOCCSc1nc2sc3c(c2c(=O)n1C)CCC3. The molecule has 0 fully saturated rings. The lowest BCUT2D eigenvalue weighted by Gasteiger charge is -2.07. The minimum absolute atomic E-state index is 0.105. The highest BCUT2D eigenvalue weighted by molar-refractivity contribution is 7.99. The fraction of sp³-hybridized carbons (Fsp3) is 0.571. The van der Waals surface area contributed by atoms with Crippen LogP contribution in [0.15, 0.2) is 9.95 Å². The second-order valence-corrected chi connectivity index (χ2v) is 6.99. The fourth-order valence-electron chi connectivity index (χ4n) is 2.57. The zero-order chi connectivity index (χ0) is 14.1. The van der Waals surface area contributed by atoms with Gasteiger partial charge in [-0.05, 0) is 31.7 Å². The second-order valence-electron chi connectivity index (χ2n) is 4.84. The number of nitrogens with zero attached hydrogens (tertiary/aromatic N) is 2. The molecular formula is C14H18N2O2S2. The number of rotatable bonds is 5. The Morgan fingerprint density at radius 3 is 3.10 bits per heavy atom. The van der Waals surface area contributed by atoms with Gasteiger partial charge in [0, 0.05) is 24.3 Å². The van der Waals surface area contributed by atoms with E-state index in [1.807, 2.05) is 14.0 Å². The molecule has 3 rings (SSSR count). The van der Waals surface area contributed by atoms with E-state index in [2.05, 4.69) is 4.98 Å². The first-order chi connectivity index (χ1) is 9.72. The molecule has 2 aromatic rings. The van der Waals surface area contributed by atoms with Crippen LogP contribution < -0.4 is 5.56 Å². The topological polar surface area (TPSA) is 44.1 Å². The third-order valence-corrected chi connectivity index (χ3v) is 5.75. The summed E-state index contributed by atoms with van der Waals surface area (Å²) in [7, 11) is 1.82. The van der Waals surface area contributed by atoms with Gasteiger partial charge in [-0.25, -0.2) is 4.98 Å². The summed E-state index contributed by atoms with van der Waals surface area (Å²) in [6, 6.07) is 0. The van der Waals surface area contributed by atoms with Crippen molar-refractivity contribution in [2.24, 2.45) is 7.05 Å². The zero-order valence-electron chi connectivity index (χ0n) is 11.8. The van der Waals surface area contributed by atoms with E-state index in [0.29, 0.717) is 6.61 Å². The molecule has 0 N–H and O–H groups in total. The van der Waals surface area contributed by atoms with Crippen LogP contribution in [0.5, 0.6) is 0 Å². The van der Waals surface area contributed by atoms with Gasteiger partial charge >= 0.3 is 0 Å². The lowest BCUT2D eigenvalue weighted by Crippen LogP contribution is -2.20. The van der Waals surface area contributed by atoms with Gasteiger partial charge in [-0.3, -0.25) is 9.36 Å². The zero-order valence-corrected chi connectivity index (χ0v) is 13.4. The number of aromatic nitrogens is 2. The summed E-state index contributed by atoms with van der Waals surface area (Å²) in [6.45, 7) is 3.40. The molecule has 6 heteroatoms. The van der Waals surface area contributed by atoms with E-state index in [0.717, 1.165) is 40.6 Å². The van der Waals surface area contributed by atoms with E-state index < -0.39 is 0 Å². The number of hydrogen-bond donors (Lipinski definition) is 0. The molecule has 0 spiro atoms. The smallest absolute Gasteiger partial charge is 0.262 e. The molecule has 1 aliphatic rings. The first-order valence-corrected chi connectivity index (χ1v) is 8.74. The van der Waals surface area contributed by atoms with E-state index in [1.165, 1.54) is 16.9 Å². The Bertz CT molecular complexity index is 691. The van der Waals surface area contributed by atoms with Crippen LogP contribution in [0.4, 0.5) is 0 Å². The quantitative estimate of drug-likeness (QED) is 0.484. The van der Waals surface area contributed by atoms with Crippen molar-refractivity contribution in [1.29, 1.82) is 0 Å². The highest BCUT2D eigenvalue weighted by Crippen LogP contribution is 2.35. The first kappa shape index (κ1) is 14.1. The van der Waals surface area contributed by atoms with Crippen molar-refractivity contribution in [3.8, 4) is 0 Å². The third-order valence-electron chi connectivity index (χ3n) is 3.57. The van der Waals surface area contributed by atoms with Crippen LogP contribution in [-0.2, 0) is 24.6 Å². The maximum absolute atomic E-state index is 12.5. The van der Waals surface area contributed by atoms with Gasteiger partial charge in [-0.1, -0.05) is 11.8 Å². The summed E-state index contributed by atoms with van der Waals surface area (Å²) in [5, 5.41) is 1.65. The number of aryl methyl sites for hydroxylation is 2. The Morgan fingerprint density at radius 1 is 1.45 bits per heavy atom. The lowest BCUT2D eigenvalue weighted by molar-refractivity contribution is 0.164. The van der Waals surface area contributed by atoms with Gasteiger partial charge in [-0.2, -0.15) is 0 Å². The summed E-state index contributed by atoms with van der Waals surface area (Å²) in [6.07, 6.45) is 3.31. The number of hydrogen-bond acceptors (Lipinski definition) is 5. The van der Waals surface area contributed by atoms with Crippen molar-refractivity contribution < 1.29 is 4.74 Å². The Kier molecular flexibility index (Phi) is 4.14. The monoisotopic (exact) mass is 310 g/mol. The maximum atomic E-state index is 12.5. The summed E-state index contributed by atoms with van der Waals surface area (Å²) in [5.74, 6) is 0.824. The fourth-order valence-corrected chi connectivity index (χ4v) is 4.70. The third kappa shape index (κ3) is 2.40. The summed E-state index contributed by atoms with van der Waals surface area (Å²) < 4.78 is 7.01. The number of ether oxygens (including phenoxy) is 1. The largest absolute Gasteiger partial charge is 0.381 e. The van der Waals surface area contributed by atoms with E-state index in [4.69, 9.17) is 4.74 Å². The van der Waals surface area contributed by atoms with Crippen molar-refractivity contribution in [2.75, 3.05) is 19.0 Å². The van der Waals surface area contributed by atoms with Gasteiger partial charge in [0.25, 0.3) is 5.56 Å². The van der Waals surface area contributed by atoms with E-state index in [1.54, 1.807) is 27.7 Å². The lowest BCUT2D eigenvalue weighted by atomic mass is 10.2. The van der Waals surface area contributed by atoms with Crippen LogP contribution >= 0.6 is 23.1 Å². The Hall–Kier alpha value is -0.850. The maximum Gasteiger partial charge on any atom is 0.262 e. The molecule has 0 saturated carbocycles. The van der Waals surface area contributed by atoms with Crippen molar-refractivity contribution in [2.45, 2.75) is 31.3 Å². The van der Waals surface area contributed by atoms with Crippen LogP contribution in [0.3, 0.4) is 0 Å². The summed E-state index contributed by atoms with van der Waals surface area (Å²) in [4.78, 5) is 19.5. The molecule has 0 saturated heterocycles. The van der Waals surface area contributed by atoms with Gasteiger partial charge in [0.15, 0.2) is 5.16 Å². The molecule has 0 unspecified atom stereocenters. The van der Waals surface area contributed by atoms with E-state index in [-0.39, 0.29) is 5.56 Å². The van der Waals surface area contributed by atoms with Crippen molar-refractivity contribution >= 4 is 33.3 Å². The number of thioether (sulfide) groups is 1. The summed E-state index contributed by atoms with van der Waals surface area (Å²) in [5.41, 5.74) is 1.36. The van der Waals surface area contributed by atoms with E-state index in [9.17, 15) is 4.79 Å². The molecule has 0 atom stereocenters. The average Bonchev–Trinajstić information content (AvgIpc) is 3.00. The van der Waals surface area contributed by atoms with Gasteiger partial charge in [0.05, 0.1) is 12.0 Å². The predicted molar refractivity (Wildman–Crippen MR) is 84.1 cm³/mol. The average molecular weight is 310 g/mol. The number of thiophene rings is 1. The molecule has 0 aliphatic heterocycles. The molecule has 1 aliphatic carbocycles. The van der Waals surface area contributed by atoms with Gasteiger partial charge in [0.2, 0.25) is 0 Å². The van der Waals surface area contributed by atoms with E-state index >= 15 is 0 Å². The van der Waals surface area contributed by atoms with Crippen molar-refractivity contribution in [1.82, 2.24) is 9.55 Å². The van der Waals surface area contributed by atoms with Crippen LogP contribution in [0, 0.1) is 0 Å². The second kappa shape index (κ2) is 5.87. The van der Waals surface area contributed by atoms with Crippen molar-refractivity contribution in [3.63, 3.8) is 0 Å². The highest BCUT2D eigenvalue weighted by Gasteiger charge is 2.22. The standard InChI is InChI=1S/C14H18N2O2S2/c1-3-18-7-8-19-14-15-12-11(13(17)16(14)2)9-5-4-6-10(9)20-12/h3-8H2,1-2H3. The number of fused-ring (bicyclic) bond motifs is 3. The molecule has 4 nitrogen and oxygen atoms in total. The predicted octanol–water partition coefficient (Wildman–Crippen LogP) is 2.61. The van der Waals surface area contributed by atoms with Crippen LogP contribution in [-0.4, -0.2) is 28.5 Å². The molecule has 108 valence electrons. The summed E-state index contributed by atoms with van der Waals surface area (Å²) >= 11 is 3.29. The molecule has 0 amide bonds. The first-order valence-electron chi connectivity index (χ1n) is 6.94. The van der Waals surface area contributed by atoms with Crippen LogP contribution in [0.25, 0.3) is 10.2 Å². The Balaban J connectivity index is 1.95. The Labute approximate surface area is 126 Å². The molecule has 0 radical (unpaired) electrons. The van der Waals surface area contributed by atoms with Crippen LogP contribution in [0.2, 0.25) is 0 Å². The minimum Gasteiger partial charge on any atom is -0.381 e. The normalized spacial score (nSPS) is 14.1.